The molecular formula is C13H11F2N5O. The molecule has 6 nitrogen and oxygen atoms in total. The van der Waals surface area contributed by atoms with Gasteiger partial charge in [-0.15, -0.1) is 0 Å². The molecule has 1 aromatic carbocycles. The maximum absolute atomic E-state index is 12.5. The first-order valence-corrected chi connectivity index (χ1v) is 6.09. The fourth-order valence-electron chi connectivity index (χ4n) is 1.89. The van der Waals surface area contributed by atoms with Crippen LogP contribution >= 0.6 is 0 Å². The molecule has 2 N–H and O–H groups in total. The summed E-state index contributed by atoms with van der Waals surface area (Å²) in [4.78, 5) is 4.17. The molecule has 0 aliphatic carbocycles. The maximum atomic E-state index is 12.5. The molecule has 0 radical (unpaired) electrons. The van der Waals surface area contributed by atoms with Crippen molar-refractivity contribution in [1.82, 2.24) is 19.9 Å². The summed E-state index contributed by atoms with van der Waals surface area (Å²) in [5.74, 6) is 0.410. The quantitative estimate of drug-likeness (QED) is 0.750. The number of nitrogen functional groups attached to an aromatic ring is 1. The molecule has 0 saturated carbocycles. The number of halogens is 2. The minimum absolute atomic E-state index is 0.0752. The van der Waals surface area contributed by atoms with E-state index in [9.17, 15) is 8.78 Å². The summed E-state index contributed by atoms with van der Waals surface area (Å²) in [6.45, 7) is -0.871. The van der Waals surface area contributed by atoms with E-state index in [1.807, 2.05) is 6.92 Å². The Balaban J connectivity index is 1.97. The summed E-state index contributed by atoms with van der Waals surface area (Å²) in [6, 6.07) is 6.73. The largest absolute Gasteiger partial charge is 0.398 e. The summed E-state index contributed by atoms with van der Waals surface area (Å²) in [6.07, 6.45) is 1.15. The molecule has 108 valence electrons. The van der Waals surface area contributed by atoms with Crippen LogP contribution in [0.3, 0.4) is 0 Å². The lowest BCUT2D eigenvalue weighted by atomic mass is 10.1. The van der Waals surface area contributed by atoms with Crippen LogP contribution in [0.4, 0.5) is 14.5 Å². The molecule has 0 aliphatic rings. The van der Waals surface area contributed by atoms with Gasteiger partial charge in [0.2, 0.25) is 5.82 Å². The normalized spacial score (nSPS) is 11.2. The van der Waals surface area contributed by atoms with E-state index in [-0.39, 0.29) is 11.6 Å². The molecule has 3 rings (SSSR count). The number of aromatic nitrogens is 4. The highest BCUT2D eigenvalue weighted by molar-refractivity contribution is 5.68. The number of hydrogen-bond acceptors (Lipinski definition) is 5. The first-order chi connectivity index (χ1) is 10.1. The van der Waals surface area contributed by atoms with Gasteiger partial charge in [-0.05, 0) is 24.6 Å². The molecule has 0 fully saturated rings. The van der Waals surface area contributed by atoms with Gasteiger partial charge >= 0.3 is 6.55 Å². The average molecular weight is 291 g/mol. The minimum atomic E-state index is -2.71. The van der Waals surface area contributed by atoms with Crippen LogP contribution < -0.4 is 5.73 Å². The first-order valence-electron chi connectivity index (χ1n) is 6.09. The molecule has 0 aliphatic heterocycles. The first kappa shape index (κ1) is 13.2. The lowest BCUT2D eigenvalue weighted by Crippen LogP contribution is -1.98. The van der Waals surface area contributed by atoms with E-state index in [2.05, 4.69) is 15.2 Å². The van der Waals surface area contributed by atoms with E-state index >= 15 is 0 Å². The third-order valence-electron chi connectivity index (χ3n) is 3.07. The predicted molar refractivity (Wildman–Crippen MR) is 71.4 cm³/mol. The SMILES string of the molecule is Cc1c(N)cccc1-c1noc(-c2ccn(C(F)F)n2)n1. The van der Waals surface area contributed by atoms with Crippen LogP contribution in [0.2, 0.25) is 0 Å². The zero-order valence-electron chi connectivity index (χ0n) is 11.0. The Hall–Kier alpha value is -2.77. The molecule has 8 heteroatoms. The van der Waals surface area contributed by atoms with Crippen molar-refractivity contribution < 1.29 is 13.3 Å². The van der Waals surface area contributed by atoms with Crippen molar-refractivity contribution in [2.75, 3.05) is 5.73 Å². The fraction of sp³-hybridized carbons (Fsp3) is 0.154. The van der Waals surface area contributed by atoms with E-state index in [4.69, 9.17) is 10.3 Å². The zero-order chi connectivity index (χ0) is 15.0. The highest BCUT2D eigenvalue weighted by Crippen LogP contribution is 2.26. The third kappa shape index (κ3) is 2.35. The lowest BCUT2D eigenvalue weighted by Gasteiger charge is -2.03. The third-order valence-corrected chi connectivity index (χ3v) is 3.07. The molecule has 0 atom stereocenters. The summed E-state index contributed by atoms with van der Waals surface area (Å²) in [5.41, 5.74) is 8.17. The molecule has 3 aromatic rings. The Morgan fingerprint density at radius 3 is 2.81 bits per heavy atom. The van der Waals surface area contributed by atoms with Crippen molar-refractivity contribution in [3.8, 4) is 23.0 Å². The van der Waals surface area contributed by atoms with Crippen molar-refractivity contribution >= 4 is 5.69 Å². The van der Waals surface area contributed by atoms with Crippen LogP contribution in [-0.4, -0.2) is 19.9 Å². The van der Waals surface area contributed by atoms with Crippen molar-refractivity contribution in [3.05, 3.63) is 36.0 Å². The van der Waals surface area contributed by atoms with E-state index < -0.39 is 6.55 Å². The van der Waals surface area contributed by atoms with Gasteiger partial charge < -0.3 is 10.3 Å². The van der Waals surface area contributed by atoms with Gasteiger partial charge in [0.05, 0.1) is 0 Å². The number of nitrogens with two attached hydrogens (primary N) is 1. The van der Waals surface area contributed by atoms with E-state index in [0.29, 0.717) is 16.2 Å². The maximum Gasteiger partial charge on any atom is 0.333 e. The molecule has 2 aromatic heterocycles. The van der Waals surface area contributed by atoms with Crippen LogP contribution in [0.1, 0.15) is 12.1 Å². The summed E-state index contributed by atoms with van der Waals surface area (Å²) in [5, 5.41) is 7.51. The summed E-state index contributed by atoms with van der Waals surface area (Å²) in [7, 11) is 0. The van der Waals surface area contributed by atoms with Gasteiger partial charge in [0.1, 0.15) is 0 Å². The number of benzene rings is 1. The molecule has 2 heterocycles. The Morgan fingerprint density at radius 2 is 2.10 bits per heavy atom. The Morgan fingerprint density at radius 1 is 1.29 bits per heavy atom. The second-order valence-electron chi connectivity index (χ2n) is 4.40. The number of hydrogen-bond donors (Lipinski definition) is 1. The summed E-state index contributed by atoms with van der Waals surface area (Å²) < 4.78 is 30.6. The molecule has 0 bridgehead atoms. The Labute approximate surface area is 118 Å². The highest BCUT2D eigenvalue weighted by atomic mass is 19.3. The van der Waals surface area contributed by atoms with Gasteiger partial charge in [0.25, 0.3) is 5.89 Å². The number of nitrogens with zero attached hydrogens (tertiary/aromatic N) is 4. The van der Waals surface area contributed by atoms with Gasteiger partial charge in [-0.25, -0.2) is 4.68 Å². The van der Waals surface area contributed by atoms with Crippen molar-refractivity contribution in [2.24, 2.45) is 0 Å². The fourth-order valence-corrected chi connectivity index (χ4v) is 1.89. The van der Waals surface area contributed by atoms with Gasteiger partial charge in [-0.2, -0.15) is 18.9 Å². The topological polar surface area (TPSA) is 82.8 Å². The number of rotatable bonds is 3. The van der Waals surface area contributed by atoms with E-state index in [1.165, 1.54) is 6.07 Å². The second kappa shape index (κ2) is 4.97. The monoisotopic (exact) mass is 291 g/mol. The van der Waals surface area contributed by atoms with Crippen molar-refractivity contribution in [3.63, 3.8) is 0 Å². The van der Waals surface area contributed by atoms with Crippen LogP contribution in [0.5, 0.6) is 0 Å². The second-order valence-corrected chi connectivity index (χ2v) is 4.40. The highest BCUT2D eigenvalue weighted by Gasteiger charge is 2.16. The number of alkyl halides is 2. The standard InChI is InChI=1S/C13H11F2N5O/c1-7-8(3-2-4-9(7)16)11-17-12(21-19-11)10-5-6-20(18-10)13(14)15/h2-6,13H,16H2,1H3. The van der Waals surface area contributed by atoms with Crippen molar-refractivity contribution in [2.45, 2.75) is 13.5 Å². The van der Waals surface area contributed by atoms with E-state index in [0.717, 1.165) is 17.3 Å². The van der Waals surface area contributed by atoms with Crippen LogP contribution in [0.15, 0.2) is 35.0 Å². The molecule has 0 saturated heterocycles. The Bertz CT molecular complexity index is 780. The number of anilines is 1. The molecule has 0 spiro atoms. The predicted octanol–water partition coefficient (Wildman–Crippen LogP) is 2.89. The van der Waals surface area contributed by atoms with Gasteiger partial charge in [0, 0.05) is 17.4 Å². The van der Waals surface area contributed by atoms with Crippen molar-refractivity contribution in [1.29, 1.82) is 0 Å². The Kier molecular flexibility index (Phi) is 3.13. The molecule has 0 amide bonds. The van der Waals surface area contributed by atoms with Gasteiger partial charge in [-0.3, -0.25) is 0 Å². The van der Waals surface area contributed by atoms with E-state index in [1.54, 1.807) is 18.2 Å². The smallest absolute Gasteiger partial charge is 0.333 e. The zero-order valence-corrected chi connectivity index (χ0v) is 11.0. The van der Waals surface area contributed by atoms with Crippen LogP contribution in [-0.2, 0) is 0 Å². The van der Waals surface area contributed by atoms with Gasteiger partial charge in [0.15, 0.2) is 5.69 Å². The van der Waals surface area contributed by atoms with Crippen LogP contribution in [0, 0.1) is 6.92 Å². The van der Waals surface area contributed by atoms with Crippen LogP contribution in [0.25, 0.3) is 23.0 Å². The molecule has 21 heavy (non-hydrogen) atoms. The molecule has 0 unspecified atom stereocenters. The summed E-state index contributed by atoms with van der Waals surface area (Å²) >= 11 is 0. The minimum Gasteiger partial charge on any atom is -0.398 e. The average Bonchev–Trinajstić information content (AvgIpc) is 3.09. The van der Waals surface area contributed by atoms with Gasteiger partial charge in [-0.1, -0.05) is 17.3 Å². The molecular weight excluding hydrogens is 280 g/mol. The lowest BCUT2D eigenvalue weighted by molar-refractivity contribution is 0.0568.